The molecule has 1 aromatic heterocycles. The van der Waals surface area contributed by atoms with Crippen molar-refractivity contribution in [2.45, 2.75) is 58.9 Å². The maximum Gasteiger partial charge on any atom is 0.220 e. The summed E-state index contributed by atoms with van der Waals surface area (Å²) in [6.07, 6.45) is 2.21. The molecule has 1 fully saturated rings. The summed E-state index contributed by atoms with van der Waals surface area (Å²) >= 11 is 1.59. The number of carbonyl (C=O) groups is 2. The van der Waals surface area contributed by atoms with E-state index >= 15 is 0 Å². The first-order valence-corrected chi connectivity index (χ1v) is 11.5. The SMILES string of the molecule is CCCS(=O)(=O)N1CCC(NC(=O)CCC(=O)c2cc(C)sc2C)CC1. The van der Waals surface area contributed by atoms with E-state index in [0.29, 0.717) is 32.4 Å². The highest BCUT2D eigenvalue weighted by molar-refractivity contribution is 7.89. The van der Waals surface area contributed by atoms with Crippen LogP contribution in [0.2, 0.25) is 0 Å². The molecule has 146 valence electrons. The molecule has 1 aliphatic heterocycles. The molecule has 1 N–H and O–H groups in total. The number of amides is 1. The van der Waals surface area contributed by atoms with Crippen LogP contribution in [0.3, 0.4) is 0 Å². The van der Waals surface area contributed by atoms with Gasteiger partial charge in [0.05, 0.1) is 5.75 Å². The number of rotatable bonds is 8. The Hall–Kier alpha value is -1.25. The minimum atomic E-state index is -3.16. The van der Waals surface area contributed by atoms with E-state index in [-0.39, 0.29) is 36.3 Å². The Morgan fingerprint density at radius 1 is 1.23 bits per heavy atom. The summed E-state index contributed by atoms with van der Waals surface area (Å²) in [5.74, 6) is 0.0356. The first-order chi connectivity index (χ1) is 12.2. The highest BCUT2D eigenvalue weighted by Gasteiger charge is 2.28. The standard InChI is InChI=1S/C18H28N2O4S2/c1-4-11-26(23,24)20-9-7-15(8-10-20)19-18(22)6-5-17(21)16-12-13(2)25-14(16)3/h12,15H,4-11H2,1-3H3,(H,19,22). The second-order valence-corrected chi connectivity index (χ2v) is 10.4. The normalized spacial score (nSPS) is 16.6. The van der Waals surface area contributed by atoms with E-state index < -0.39 is 10.0 Å². The van der Waals surface area contributed by atoms with E-state index in [9.17, 15) is 18.0 Å². The first kappa shape index (κ1) is 21.1. The number of hydrogen-bond acceptors (Lipinski definition) is 5. The highest BCUT2D eigenvalue weighted by atomic mass is 32.2. The molecule has 0 unspecified atom stereocenters. The molecule has 2 rings (SSSR count). The molecule has 1 aromatic rings. The van der Waals surface area contributed by atoms with Gasteiger partial charge in [-0.1, -0.05) is 6.92 Å². The van der Waals surface area contributed by atoms with Crippen molar-refractivity contribution in [3.05, 3.63) is 21.4 Å². The molecular weight excluding hydrogens is 372 g/mol. The molecule has 0 aliphatic carbocycles. The van der Waals surface area contributed by atoms with Gasteiger partial charge in [0.25, 0.3) is 0 Å². The average Bonchev–Trinajstić information content (AvgIpc) is 2.91. The number of nitrogens with one attached hydrogen (secondary N) is 1. The van der Waals surface area contributed by atoms with Crippen molar-refractivity contribution < 1.29 is 18.0 Å². The molecule has 1 aliphatic rings. The number of Topliss-reactive ketones (excluding diaryl/α,β-unsaturated/α-hetero) is 1. The van der Waals surface area contributed by atoms with E-state index in [0.717, 1.165) is 15.3 Å². The summed E-state index contributed by atoms with van der Waals surface area (Å²) in [4.78, 5) is 26.5. The zero-order valence-corrected chi connectivity index (χ0v) is 17.3. The monoisotopic (exact) mass is 400 g/mol. The van der Waals surface area contributed by atoms with E-state index in [1.807, 2.05) is 26.8 Å². The second-order valence-electron chi connectivity index (χ2n) is 6.81. The predicted molar refractivity (Wildman–Crippen MR) is 104 cm³/mol. The van der Waals surface area contributed by atoms with Crippen molar-refractivity contribution in [1.29, 1.82) is 0 Å². The fourth-order valence-electron chi connectivity index (χ4n) is 3.23. The topological polar surface area (TPSA) is 83.6 Å². The zero-order chi connectivity index (χ0) is 19.3. The smallest absolute Gasteiger partial charge is 0.220 e. The summed E-state index contributed by atoms with van der Waals surface area (Å²) in [5.41, 5.74) is 0.717. The third-order valence-electron chi connectivity index (χ3n) is 4.60. The molecule has 0 radical (unpaired) electrons. The summed E-state index contributed by atoms with van der Waals surface area (Å²) in [7, 11) is -3.16. The van der Waals surface area contributed by atoms with Crippen LogP contribution in [0.15, 0.2) is 6.07 Å². The molecule has 0 atom stereocenters. The maximum absolute atomic E-state index is 12.2. The van der Waals surface area contributed by atoms with Gasteiger partial charge in [0.1, 0.15) is 0 Å². The number of ketones is 1. The van der Waals surface area contributed by atoms with Crippen LogP contribution in [-0.2, 0) is 14.8 Å². The number of aryl methyl sites for hydroxylation is 2. The summed E-state index contributed by atoms with van der Waals surface area (Å²) in [6.45, 7) is 6.63. The van der Waals surface area contributed by atoms with E-state index in [1.165, 1.54) is 4.31 Å². The Morgan fingerprint density at radius 3 is 2.42 bits per heavy atom. The number of carbonyl (C=O) groups excluding carboxylic acids is 2. The molecular formula is C18H28N2O4S2. The number of hydrogen-bond donors (Lipinski definition) is 1. The van der Waals surface area contributed by atoms with Gasteiger partial charge in [0.2, 0.25) is 15.9 Å². The van der Waals surface area contributed by atoms with Crippen LogP contribution in [-0.4, -0.2) is 49.3 Å². The molecule has 0 bridgehead atoms. The third-order valence-corrected chi connectivity index (χ3v) is 7.64. The van der Waals surface area contributed by atoms with Gasteiger partial charge >= 0.3 is 0 Å². The average molecular weight is 401 g/mol. The van der Waals surface area contributed by atoms with Crippen LogP contribution in [0, 0.1) is 13.8 Å². The largest absolute Gasteiger partial charge is 0.353 e. The minimum Gasteiger partial charge on any atom is -0.353 e. The van der Waals surface area contributed by atoms with Crippen LogP contribution in [0.4, 0.5) is 0 Å². The summed E-state index contributed by atoms with van der Waals surface area (Å²) < 4.78 is 25.6. The molecule has 8 heteroatoms. The zero-order valence-electron chi connectivity index (χ0n) is 15.7. The lowest BCUT2D eigenvalue weighted by Gasteiger charge is -2.31. The van der Waals surface area contributed by atoms with Crippen molar-refractivity contribution in [3.63, 3.8) is 0 Å². The third kappa shape index (κ3) is 5.62. The molecule has 26 heavy (non-hydrogen) atoms. The molecule has 6 nitrogen and oxygen atoms in total. The van der Waals surface area contributed by atoms with Crippen molar-refractivity contribution >= 4 is 33.1 Å². The predicted octanol–water partition coefficient (Wildman–Crippen LogP) is 2.65. The van der Waals surface area contributed by atoms with E-state index in [2.05, 4.69) is 5.32 Å². The maximum atomic E-state index is 12.2. The van der Waals surface area contributed by atoms with Gasteiger partial charge in [-0.05, 0) is 39.2 Å². The molecule has 0 spiro atoms. The summed E-state index contributed by atoms with van der Waals surface area (Å²) in [6, 6.07) is 1.86. The highest BCUT2D eigenvalue weighted by Crippen LogP contribution is 2.22. The van der Waals surface area contributed by atoms with Crippen molar-refractivity contribution in [1.82, 2.24) is 9.62 Å². The van der Waals surface area contributed by atoms with Gasteiger partial charge in [0, 0.05) is 47.3 Å². The Morgan fingerprint density at radius 2 is 1.88 bits per heavy atom. The number of piperidine rings is 1. The van der Waals surface area contributed by atoms with Crippen molar-refractivity contribution in [3.8, 4) is 0 Å². The number of thiophene rings is 1. The minimum absolute atomic E-state index is 0.00229. The lowest BCUT2D eigenvalue weighted by molar-refractivity contribution is -0.122. The quantitative estimate of drug-likeness (QED) is 0.680. The molecule has 0 saturated carbocycles. The van der Waals surface area contributed by atoms with Crippen molar-refractivity contribution in [2.75, 3.05) is 18.8 Å². The van der Waals surface area contributed by atoms with Crippen LogP contribution >= 0.6 is 11.3 Å². The first-order valence-electron chi connectivity index (χ1n) is 9.10. The lowest BCUT2D eigenvalue weighted by atomic mass is 10.0. The second kappa shape index (κ2) is 9.10. The fraction of sp³-hybridized carbons (Fsp3) is 0.667. The van der Waals surface area contributed by atoms with Crippen LogP contribution in [0.5, 0.6) is 0 Å². The molecule has 0 aromatic carbocycles. The van der Waals surface area contributed by atoms with Gasteiger partial charge in [-0.15, -0.1) is 11.3 Å². The number of sulfonamides is 1. The van der Waals surface area contributed by atoms with Gasteiger partial charge in [0.15, 0.2) is 5.78 Å². The van der Waals surface area contributed by atoms with Gasteiger partial charge in [-0.3, -0.25) is 9.59 Å². The Kier molecular flexibility index (Phi) is 7.37. The van der Waals surface area contributed by atoms with E-state index in [1.54, 1.807) is 11.3 Å². The Bertz CT molecular complexity index is 747. The van der Waals surface area contributed by atoms with Crippen molar-refractivity contribution in [2.24, 2.45) is 0 Å². The number of nitrogens with zero attached hydrogens (tertiary/aromatic N) is 1. The van der Waals surface area contributed by atoms with E-state index in [4.69, 9.17) is 0 Å². The van der Waals surface area contributed by atoms with Gasteiger partial charge < -0.3 is 5.32 Å². The van der Waals surface area contributed by atoms with Gasteiger partial charge in [-0.25, -0.2) is 12.7 Å². The van der Waals surface area contributed by atoms with Gasteiger partial charge in [-0.2, -0.15) is 0 Å². The molecule has 2 heterocycles. The van der Waals surface area contributed by atoms with Crippen LogP contribution in [0.1, 0.15) is 59.1 Å². The molecule has 1 amide bonds. The summed E-state index contributed by atoms with van der Waals surface area (Å²) in [5, 5.41) is 2.94. The fourth-order valence-corrected chi connectivity index (χ4v) is 5.72. The lowest BCUT2D eigenvalue weighted by Crippen LogP contribution is -2.47. The van der Waals surface area contributed by atoms with Crippen LogP contribution in [0.25, 0.3) is 0 Å². The van der Waals surface area contributed by atoms with Crippen LogP contribution < -0.4 is 5.32 Å². The Labute approximate surface area is 160 Å². The molecule has 1 saturated heterocycles. The Balaban J connectivity index is 1.76.